The van der Waals surface area contributed by atoms with Gasteiger partial charge >= 0.3 is 0 Å². The Kier molecular flexibility index (Phi) is 7.05. The van der Waals surface area contributed by atoms with E-state index in [1.807, 2.05) is 24.0 Å². The lowest BCUT2D eigenvalue weighted by atomic mass is 9.97. The van der Waals surface area contributed by atoms with Crippen LogP contribution < -0.4 is 0 Å². The molecule has 1 fully saturated rings. The van der Waals surface area contributed by atoms with E-state index in [0.29, 0.717) is 0 Å². The van der Waals surface area contributed by atoms with E-state index in [1.54, 1.807) is 13.0 Å². The van der Waals surface area contributed by atoms with Crippen molar-refractivity contribution < 1.29 is 9.18 Å². The van der Waals surface area contributed by atoms with Crippen LogP contribution in [-0.4, -0.2) is 23.9 Å². The average molecular weight is 307 g/mol. The Bertz CT molecular complexity index is 488. The summed E-state index contributed by atoms with van der Waals surface area (Å²) in [5, 5.41) is 0. The number of hydrogen-bond acceptors (Lipinski definition) is 1. The molecule has 2 rings (SSSR count). The van der Waals surface area contributed by atoms with Gasteiger partial charge in [-0.25, -0.2) is 4.39 Å². The Labute approximate surface area is 134 Å². The smallest absolute Gasteiger partial charge is 0.219 e. The molecule has 124 valence electrons. The summed E-state index contributed by atoms with van der Waals surface area (Å²) in [6, 6.07) is 5.54. The number of carbonyl (C=O) groups is 1. The van der Waals surface area contributed by atoms with Crippen molar-refractivity contribution in [2.45, 2.75) is 65.7 Å². The van der Waals surface area contributed by atoms with Gasteiger partial charge in [-0.3, -0.25) is 4.79 Å². The molecule has 0 heterocycles. The predicted octanol–water partition coefficient (Wildman–Crippen LogP) is 4.84. The molecule has 0 atom stereocenters. The third-order valence-electron chi connectivity index (χ3n) is 4.21. The number of rotatable bonds is 5. The van der Waals surface area contributed by atoms with Gasteiger partial charge in [-0.05, 0) is 55.2 Å². The maximum atomic E-state index is 13.4. The molecule has 0 aliphatic heterocycles. The minimum absolute atomic E-state index is 0.0324. The quantitative estimate of drug-likeness (QED) is 0.762. The van der Waals surface area contributed by atoms with Crippen molar-refractivity contribution in [2.24, 2.45) is 0 Å². The summed E-state index contributed by atoms with van der Waals surface area (Å²) in [6.07, 6.45) is 4.37. The van der Waals surface area contributed by atoms with Gasteiger partial charge in [0.25, 0.3) is 0 Å². The van der Waals surface area contributed by atoms with Crippen LogP contribution in [0.4, 0.5) is 4.39 Å². The number of halogens is 1. The first-order valence-electron chi connectivity index (χ1n) is 8.36. The molecule has 1 aliphatic carbocycles. The van der Waals surface area contributed by atoms with Crippen LogP contribution >= 0.6 is 0 Å². The first-order valence-corrected chi connectivity index (χ1v) is 8.36. The first-order chi connectivity index (χ1) is 10.3. The highest BCUT2D eigenvalue weighted by atomic mass is 19.1. The molecule has 1 saturated carbocycles. The zero-order chi connectivity index (χ0) is 16.8. The molecule has 0 bridgehead atoms. The van der Waals surface area contributed by atoms with Gasteiger partial charge in [0.15, 0.2) is 0 Å². The SMILES string of the molecule is CCCN(CCC)C(C)=O.Cc1ccc(C2(C)CC2)c(F)c1. The molecule has 0 spiro atoms. The highest BCUT2D eigenvalue weighted by Crippen LogP contribution is 2.48. The number of benzene rings is 1. The predicted molar refractivity (Wildman–Crippen MR) is 90.6 cm³/mol. The molecule has 1 aliphatic rings. The molecule has 22 heavy (non-hydrogen) atoms. The third kappa shape index (κ3) is 5.43. The Balaban J connectivity index is 0.000000225. The number of hydrogen-bond donors (Lipinski definition) is 0. The van der Waals surface area contributed by atoms with Crippen LogP contribution in [0.5, 0.6) is 0 Å². The number of aryl methyl sites for hydroxylation is 1. The van der Waals surface area contributed by atoms with E-state index in [9.17, 15) is 9.18 Å². The minimum atomic E-state index is -0.0324. The molecule has 0 aromatic heterocycles. The second-order valence-electron chi connectivity index (χ2n) is 6.55. The van der Waals surface area contributed by atoms with E-state index < -0.39 is 0 Å². The van der Waals surface area contributed by atoms with Gasteiger partial charge in [0.1, 0.15) is 5.82 Å². The standard InChI is InChI=1S/C11H13F.C8H17NO/c1-8-3-4-9(10(12)7-8)11(2)5-6-11;1-4-6-9(7-5-2)8(3)10/h3-4,7H,5-6H2,1-2H3;4-7H2,1-3H3. The number of nitrogens with zero attached hydrogens (tertiary/aromatic N) is 1. The van der Waals surface area contributed by atoms with Crippen LogP contribution in [0.2, 0.25) is 0 Å². The number of amides is 1. The maximum absolute atomic E-state index is 13.4. The Morgan fingerprint density at radius 2 is 1.77 bits per heavy atom. The average Bonchev–Trinajstić information content (AvgIpc) is 3.17. The molecule has 0 radical (unpaired) electrons. The van der Waals surface area contributed by atoms with Crippen molar-refractivity contribution in [1.29, 1.82) is 0 Å². The molecular formula is C19H30FNO. The van der Waals surface area contributed by atoms with E-state index in [4.69, 9.17) is 0 Å². The fourth-order valence-electron chi connectivity index (χ4n) is 2.53. The van der Waals surface area contributed by atoms with E-state index >= 15 is 0 Å². The fraction of sp³-hybridized carbons (Fsp3) is 0.632. The van der Waals surface area contributed by atoms with Crippen molar-refractivity contribution in [3.8, 4) is 0 Å². The zero-order valence-electron chi connectivity index (χ0n) is 14.7. The Hall–Kier alpha value is -1.38. The fourth-order valence-corrected chi connectivity index (χ4v) is 2.53. The molecule has 0 unspecified atom stereocenters. The summed E-state index contributed by atoms with van der Waals surface area (Å²) in [7, 11) is 0. The van der Waals surface area contributed by atoms with Gasteiger partial charge < -0.3 is 4.90 Å². The normalized spacial score (nSPS) is 14.8. The molecular weight excluding hydrogens is 277 g/mol. The summed E-state index contributed by atoms with van der Waals surface area (Å²) in [4.78, 5) is 12.7. The van der Waals surface area contributed by atoms with Crippen molar-refractivity contribution in [1.82, 2.24) is 4.90 Å². The van der Waals surface area contributed by atoms with E-state index in [1.165, 1.54) is 0 Å². The molecule has 3 heteroatoms. The summed E-state index contributed by atoms with van der Waals surface area (Å²) in [5.74, 6) is 0.165. The topological polar surface area (TPSA) is 20.3 Å². The molecule has 2 nitrogen and oxygen atoms in total. The lowest BCUT2D eigenvalue weighted by Gasteiger charge is -2.18. The van der Waals surface area contributed by atoms with Gasteiger partial charge in [-0.1, -0.05) is 32.9 Å². The van der Waals surface area contributed by atoms with Crippen LogP contribution in [-0.2, 0) is 10.2 Å². The lowest BCUT2D eigenvalue weighted by Crippen LogP contribution is -2.29. The monoisotopic (exact) mass is 307 g/mol. The highest BCUT2D eigenvalue weighted by molar-refractivity contribution is 5.73. The molecule has 1 amide bonds. The second-order valence-corrected chi connectivity index (χ2v) is 6.55. The summed E-state index contributed by atoms with van der Waals surface area (Å²) in [5.41, 5.74) is 2.05. The van der Waals surface area contributed by atoms with Gasteiger partial charge in [0.2, 0.25) is 5.91 Å². The van der Waals surface area contributed by atoms with E-state index in [-0.39, 0.29) is 17.1 Å². The maximum Gasteiger partial charge on any atom is 0.219 e. The van der Waals surface area contributed by atoms with Crippen LogP contribution in [0, 0.1) is 12.7 Å². The minimum Gasteiger partial charge on any atom is -0.343 e. The number of carbonyl (C=O) groups excluding carboxylic acids is 1. The van der Waals surface area contributed by atoms with Crippen molar-refractivity contribution in [3.63, 3.8) is 0 Å². The van der Waals surface area contributed by atoms with Gasteiger partial charge in [-0.15, -0.1) is 0 Å². The largest absolute Gasteiger partial charge is 0.343 e. The summed E-state index contributed by atoms with van der Waals surface area (Å²) < 4.78 is 13.4. The first kappa shape index (κ1) is 18.7. The van der Waals surface area contributed by atoms with Crippen LogP contribution in [0.3, 0.4) is 0 Å². The van der Waals surface area contributed by atoms with Crippen LogP contribution in [0.25, 0.3) is 0 Å². The lowest BCUT2D eigenvalue weighted by molar-refractivity contribution is -0.128. The van der Waals surface area contributed by atoms with Gasteiger partial charge in [-0.2, -0.15) is 0 Å². The van der Waals surface area contributed by atoms with Gasteiger partial charge in [0.05, 0.1) is 0 Å². The molecule has 0 saturated heterocycles. The molecule has 0 N–H and O–H groups in total. The summed E-state index contributed by atoms with van der Waals surface area (Å²) in [6.45, 7) is 11.7. The van der Waals surface area contributed by atoms with E-state index in [2.05, 4.69) is 20.8 Å². The molecule has 1 aromatic carbocycles. The Morgan fingerprint density at radius 3 is 2.14 bits per heavy atom. The van der Waals surface area contributed by atoms with Crippen molar-refractivity contribution in [3.05, 3.63) is 35.1 Å². The van der Waals surface area contributed by atoms with Crippen molar-refractivity contribution in [2.75, 3.05) is 13.1 Å². The Morgan fingerprint density at radius 1 is 1.23 bits per heavy atom. The van der Waals surface area contributed by atoms with E-state index in [0.717, 1.165) is 49.9 Å². The third-order valence-corrected chi connectivity index (χ3v) is 4.21. The zero-order valence-corrected chi connectivity index (χ0v) is 14.7. The van der Waals surface area contributed by atoms with Crippen molar-refractivity contribution >= 4 is 5.91 Å². The van der Waals surface area contributed by atoms with Crippen LogP contribution in [0.15, 0.2) is 18.2 Å². The molecule has 1 aromatic rings. The van der Waals surface area contributed by atoms with Crippen LogP contribution in [0.1, 0.15) is 64.5 Å². The highest BCUT2D eigenvalue weighted by Gasteiger charge is 2.40. The second kappa shape index (κ2) is 8.30. The van der Waals surface area contributed by atoms with Gasteiger partial charge in [0, 0.05) is 20.0 Å². The summed E-state index contributed by atoms with van der Waals surface area (Å²) >= 11 is 0.